The van der Waals surface area contributed by atoms with Crippen molar-refractivity contribution in [3.05, 3.63) is 158 Å². The molecule has 0 amide bonds. The van der Waals surface area contributed by atoms with E-state index in [2.05, 4.69) is 117 Å². The van der Waals surface area contributed by atoms with Gasteiger partial charge in [0.25, 0.3) is 0 Å². The molecule has 0 unspecified atom stereocenters. The molecular weight excluding hydrogens is 464 g/mol. The highest BCUT2D eigenvalue weighted by Crippen LogP contribution is 2.21. The molecule has 0 fully saturated rings. The SMILES string of the molecule is c1cc(-c2cc[n+](Cc3ccc(-c4ccc(C[n+]5ccc(-c6ccncc6)cc5)cc4)cc3)cc2)ccn1. The van der Waals surface area contributed by atoms with Crippen molar-refractivity contribution >= 4 is 0 Å². The molecule has 0 atom stereocenters. The van der Waals surface area contributed by atoms with Crippen LogP contribution in [0.4, 0.5) is 0 Å². The fraction of sp³-hybridized carbons (Fsp3) is 0.0588. The molecule has 0 saturated carbocycles. The van der Waals surface area contributed by atoms with Gasteiger partial charge in [0.2, 0.25) is 0 Å². The predicted molar refractivity (Wildman–Crippen MR) is 150 cm³/mol. The smallest absolute Gasteiger partial charge is 0.173 e. The number of pyridine rings is 4. The van der Waals surface area contributed by atoms with Crippen molar-refractivity contribution in [2.45, 2.75) is 13.1 Å². The number of nitrogens with zero attached hydrogens (tertiary/aromatic N) is 4. The van der Waals surface area contributed by atoms with Crippen molar-refractivity contribution in [3.8, 4) is 33.4 Å². The van der Waals surface area contributed by atoms with Crippen molar-refractivity contribution in [3.63, 3.8) is 0 Å². The van der Waals surface area contributed by atoms with E-state index in [0.717, 1.165) is 13.1 Å². The second-order valence-corrected chi connectivity index (χ2v) is 9.38. The zero-order valence-electron chi connectivity index (χ0n) is 21.1. The van der Waals surface area contributed by atoms with Crippen LogP contribution in [0.15, 0.2) is 147 Å². The Labute approximate surface area is 223 Å². The molecule has 0 aliphatic heterocycles. The summed E-state index contributed by atoms with van der Waals surface area (Å²) in [7, 11) is 0. The molecule has 182 valence electrons. The molecule has 0 aliphatic rings. The van der Waals surface area contributed by atoms with Gasteiger partial charge < -0.3 is 0 Å². The number of hydrogen-bond acceptors (Lipinski definition) is 2. The molecule has 4 nitrogen and oxygen atoms in total. The van der Waals surface area contributed by atoms with Gasteiger partial charge in [0.05, 0.1) is 0 Å². The molecular formula is C34H28N4+2. The van der Waals surface area contributed by atoms with E-state index in [0.29, 0.717) is 0 Å². The Morgan fingerprint density at radius 2 is 0.632 bits per heavy atom. The maximum atomic E-state index is 4.10. The lowest BCUT2D eigenvalue weighted by atomic mass is 10.0. The minimum atomic E-state index is 0.840. The third-order valence-corrected chi connectivity index (χ3v) is 6.78. The molecule has 4 heteroatoms. The Morgan fingerprint density at radius 3 is 0.974 bits per heavy atom. The molecule has 0 N–H and O–H groups in total. The van der Waals surface area contributed by atoms with Crippen LogP contribution in [0.25, 0.3) is 33.4 Å². The van der Waals surface area contributed by atoms with E-state index in [-0.39, 0.29) is 0 Å². The molecule has 0 bridgehead atoms. The van der Waals surface area contributed by atoms with E-state index >= 15 is 0 Å². The van der Waals surface area contributed by atoms with Crippen LogP contribution in [0.2, 0.25) is 0 Å². The van der Waals surface area contributed by atoms with E-state index < -0.39 is 0 Å². The summed E-state index contributed by atoms with van der Waals surface area (Å²) in [6.07, 6.45) is 15.8. The Balaban J connectivity index is 1.08. The van der Waals surface area contributed by atoms with E-state index in [1.54, 1.807) is 0 Å². The highest BCUT2D eigenvalue weighted by atomic mass is 14.9. The summed E-state index contributed by atoms with van der Waals surface area (Å²) in [5, 5.41) is 0. The van der Waals surface area contributed by atoms with Gasteiger partial charge in [0.1, 0.15) is 0 Å². The Kier molecular flexibility index (Phi) is 6.77. The van der Waals surface area contributed by atoms with Gasteiger partial charge >= 0.3 is 0 Å². The lowest BCUT2D eigenvalue weighted by Gasteiger charge is -2.05. The molecule has 4 aromatic heterocycles. The van der Waals surface area contributed by atoms with Crippen LogP contribution < -0.4 is 9.13 Å². The van der Waals surface area contributed by atoms with Crippen molar-refractivity contribution in [1.29, 1.82) is 0 Å². The number of aromatic nitrogens is 4. The summed E-state index contributed by atoms with van der Waals surface area (Å²) in [6, 6.07) is 34.4. The highest BCUT2D eigenvalue weighted by Gasteiger charge is 2.08. The molecule has 6 aromatic rings. The van der Waals surface area contributed by atoms with E-state index in [1.165, 1.54) is 44.5 Å². The first-order chi connectivity index (χ1) is 18.8. The van der Waals surface area contributed by atoms with Gasteiger partial charge in [-0.05, 0) is 57.6 Å². The zero-order chi connectivity index (χ0) is 25.6. The molecule has 6 rings (SSSR count). The van der Waals surface area contributed by atoms with Crippen LogP contribution in [-0.4, -0.2) is 9.97 Å². The van der Waals surface area contributed by atoms with Gasteiger partial charge in [-0.15, -0.1) is 0 Å². The molecule has 0 radical (unpaired) electrons. The van der Waals surface area contributed by atoms with E-state index in [1.807, 2.05) is 49.1 Å². The summed E-state index contributed by atoms with van der Waals surface area (Å²) in [5.41, 5.74) is 9.77. The standard InChI is InChI=1S/C34H28N4/c1-5-29(6-2-27(1)25-37-21-13-33(14-22-37)31-9-17-35-18-10-31)30-7-3-28(4-8-30)26-38-23-15-34(16-24-38)32-11-19-36-20-12-32/h1-24H,25-26H2/q+2. The maximum absolute atomic E-state index is 4.10. The second kappa shape index (κ2) is 11.0. The summed E-state index contributed by atoms with van der Waals surface area (Å²) >= 11 is 0. The quantitative estimate of drug-likeness (QED) is 0.251. The summed E-state index contributed by atoms with van der Waals surface area (Å²) in [5.74, 6) is 0. The van der Waals surface area contributed by atoms with Crippen molar-refractivity contribution in [2.24, 2.45) is 0 Å². The topological polar surface area (TPSA) is 33.5 Å². The van der Waals surface area contributed by atoms with Crippen molar-refractivity contribution in [2.75, 3.05) is 0 Å². The van der Waals surface area contributed by atoms with Crippen LogP contribution in [-0.2, 0) is 13.1 Å². The van der Waals surface area contributed by atoms with Crippen LogP contribution >= 0.6 is 0 Å². The average Bonchev–Trinajstić information content (AvgIpc) is 3.00. The van der Waals surface area contributed by atoms with Crippen molar-refractivity contribution < 1.29 is 9.13 Å². The van der Waals surface area contributed by atoms with Gasteiger partial charge in [-0.3, -0.25) is 9.97 Å². The number of benzene rings is 2. The molecule has 0 spiro atoms. The summed E-state index contributed by atoms with van der Waals surface area (Å²) in [6.45, 7) is 1.68. The Bertz CT molecular complexity index is 1470. The van der Waals surface area contributed by atoms with Crippen LogP contribution in [0.3, 0.4) is 0 Å². The fourth-order valence-electron chi connectivity index (χ4n) is 4.63. The average molecular weight is 493 g/mol. The second-order valence-electron chi connectivity index (χ2n) is 9.38. The van der Waals surface area contributed by atoms with Crippen LogP contribution in [0.1, 0.15) is 11.1 Å². The van der Waals surface area contributed by atoms with Crippen LogP contribution in [0.5, 0.6) is 0 Å². The third kappa shape index (κ3) is 5.55. The minimum absolute atomic E-state index is 0.840. The maximum Gasteiger partial charge on any atom is 0.173 e. The van der Waals surface area contributed by atoms with Gasteiger partial charge in [0, 0.05) is 60.2 Å². The van der Waals surface area contributed by atoms with Gasteiger partial charge in [-0.2, -0.15) is 0 Å². The van der Waals surface area contributed by atoms with E-state index in [9.17, 15) is 0 Å². The lowest BCUT2D eigenvalue weighted by Crippen LogP contribution is -2.33. The molecule has 38 heavy (non-hydrogen) atoms. The monoisotopic (exact) mass is 492 g/mol. The lowest BCUT2D eigenvalue weighted by molar-refractivity contribution is -0.688. The largest absolute Gasteiger partial charge is 0.265 e. The van der Waals surface area contributed by atoms with E-state index in [4.69, 9.17) is 0 Å². The third-order valence-electron chi connectivity index (χ3n) is 6.78. The normalized spacial score (nSPS) is 10.8. The Hall–Kier alpha value is -4.96. The van der Waals surface area contributed by atoms with Gasteiger partial charge in [-0.25, -0.2) is 9.13 Å². The van der Waals surface area contributed by atoms with Crippen molar-refractivity contribution in [1.82, 2.24) is 9.97 Å². The first kappa shape index (κ1) is 23.4. The van der Waals surface area contributed by atoms with Crippen LogP contribution in [0, 0.1) is 0 Å². The summed E-state index contributed by atoms with van der Waals surface area (Å²) in [4.78, 5) is 8.20. The summed E-state index contributed by atoms with van der Waals surface area (Å²) < 4.78 is 4.41. The highest BCUT2D eigenvalue weighted by molar-refractivity contribution is 5.64. The first-order valence-electron chi connectivity index (χ1n) is 12.8. The molecule has 0 aliphatic carbocycles. The zero-order valence-corrected chi connectivity index (χ0v) is 21.1. The predicted octanol–water partition coefficient (Wildman–Crippen LogP) is 6.15. The van der Waals surface area contributed by atoms with Gasteiger partial charge in [0.15, 0.2) is 37.9 Å². The molecule has 2 aromatic carbocycles. The molecule has 0 saturated heterocycles. The van der Waals surface area contributed by atoms with Gasteiger partial charge in [-0.1, -0.05) is 48.5 Å². The first-order valence-corrected chi connectivity index (χ1v) is 12.8. The number of rotatable bonds is 7. The fourth-order valence-corrected chi connectivity index (χ4v) is 4.63. The Morgan fingerprint density at radius 1 is 0.342 bits per heavy atom. The molecule has 4 heterocycles. The number of hydrogen-bond donors (Lipinski definition) is 0. The minimum Gasteiger partial charge on any atom is -0.265 e.